The van der Waals surface area contributed by atoms with Crippen molar-refractivity contribution in [2.45, 2.75) is 25.8 Å². The lowest BCUT2D eigenvalue weighted by Gasteiger charge is -2.34. The van der Waals surface area contributed by atoms with Crippen molar-refractivity contribution in [2.75, 3.05) is 52.4 Å². The van der Waals surface area contributed by atoms with Crippen LogP contribution in [0.1, 0.15) is 24.8 Å². The predicted octanol–water partition coefficient (Wildman–Crippen LogP) is 1.31. The molecule has 2 aliphatic heterocycles. The van der Waals surface area contributed by atoms with Crippen LogP contribution in [0.15, 0.2) is 30.3 Å². The van der Waals surface area contributed by atoms with Crippen LogP contribution >= 0.6 is 0 Å². The number of carbonyl (C=O) groups excluding carboxylic acids is 1. The van der Waals surface area contributed by atoms with Gasteiger partial charge in [0.15, 0.2) is 0 Å². The molecular weight excluding hydrogens is 312 g/mol. The smallest absolute Gasteiger partial charge is 0.220 e. The summed E-state index contributed by atoms with van der Waals surface area (Å²) in [5, 5.41) is 6.45. The number of piperazine rings is 1. The quantitative estimate of drug-likeness (QED) is 0.747. The van der Waals surface area contributed by atoms with Gasteiger partial charge in [-0.1, -0.05) is 30.3 Å². The molecule has 0 saturated carbocycles. The monoisotopic (exact) mass is 344 g/mol. The molecular formula is C20H32N4O. The molecule has 1 aromatic rings. The molecule has 2 N–H and O–H groups in total. The summed E-state index contributed by atoms with van der Waals surface area (Å²) in [5.41, 5.74) is 1.39. The minimum atomic E-state index is 0.217. The summed E-state index contributed by atoms with van der Waals surface area (Å²) < 4.78 is 0. The molecule has 25 heavy (non-hydrogen) atoms. The molecule has 0 bridgehead atoms. The molecule has 1 unspecified atom stereocenters. The Bertz CT molecular complexity index is 508. The number of nitrogens with one attached hydrogen (secondary N) is 2. The molecule has 0 aliphatic carbocycles. The molecule has 0 aromatic heterocycles. The second-order valence-electron chi connectivity index (χ2n) is 7.35. The van der Waals surface area contributed by atoms with E-state index in [9.17, 15) is 4.79 Å². The molecule has 1 atom stereocenters. The highest BCUT2D eigenvalue weighted by molar-refractivity contribution is 5.75. The normalized spacial score (nSPS) is 22.2. The Labute approximate surface area is 151 Å². The van der Waals surface area contributed by atoms with Gasteiger partial charge in [0.05, 0.1) is 0 Å². The van der Waals surface area contributed by atoms with Crippen LogP contribution < -0.4 is 10.6 Å². The molecule has 138 valence electrons. The van der Waals surface area contributed by atoms with Crippen molar-refractivity contribution in [3.05, 3.63) is 35.9 Å². The minimum absolute atomic E-state index is 0.217. The second kappa shape index (κ2) is 9.90. The van der Waals surface area contributed by atoms with Gasteiger partial charge in [0.2, 0.25) is 5.91 Å². The van der Waals surface area contributed by atoms with Gasteiger partial charge in [-0.25, -0.2) is 0 Å². The Morgan fingerprint density at radius 3 is 2.60 bits per heavy atom. The lowest BCUT2D eigenvalue weighted by Crippen LogP contribution is -2.48. The molecule has 2 saturated heterocycles. The first-order valence-electron chi connectivity index (χ1n) is 9.75. The van der Waals surface area contributed by atoms with Crippen molar-refractivity contribution >= 4 is 5.91 Å². The number of carbonyl (C=O) groups is 1. The van der Waals surface area contributed by atoms with Gasteiger partial charge in [-0.2, -0.15) is 0 Å². The van der Waals surface area contributed by atoms with Crippen LogP contribution in [0.25, 0.3) is 0 Å². The molecule has 0 radical (unpaired) electrons. The molecule has 0 spiro atoms. The number of hydrogen-bond donors (Lipinski definition) is 2. The van der Waals surface area contributed by atoms with E-state index in [1.807, 2.05) is 0 Å². The fourth-order valence-corrected chi connectivity index (χ4v) is 3.75. The first-order chi connectivity index (χ1) is 12.3. The van der Waals surface area contributed by atoms with Crippen LogP contribution in [0.2, 0.25) is 0 Å². The zero-order chi connectivity index (χ0) is 17.3. The van der Waals surface area contributed by atoms with Gasteiger partial charge in [-0.05, 0) is 37.4 Å². The van der Waals surface area contributed by atoms with Crippen molar-refractivity contribution in [1.29, 1.82) is 0 Å². The first-order valence-corrected chi connectivity index (χ1v) is 9.75. The Hall–Kier alpha value is -1.43. The maximum atomic E-state index is 11.9. The number of nitrogens with zero attached hydrogens (tertiary/aromatic N) is 2. The number of amides is 1. The van der Waals surface area contributed by atoms with Gasteiger partial charge in [-0.3, -0.25) is 14.6 Å². The maximum Gasteiger partial charge on any atom is 0.220 e. The molecule has 5 nitrogen and oxygen atoms in total. The van der Waals surface area contributed by atoms with E-state index in [1.54, 1.807) is 0 Å². The van der Waals surface area contributed by atoms with Crippen LogP contribution in [0, 0.1) is 5.92 Å². The average Bonchev–Trinajstić information content (AvgIpc) is 3.16. The van der Waals surface area contributed by atoms with E-state index in [0.717, 1.165) is 65.3 Å². The fraction of sp³-hybridized carbons (Fsp3) is 0.650. The van der Waals surface area contributed by atoms with Gasteiger partial charge in [0.1, 0.15) is 0 Å². The predicted molar refractivity (Wildman–Crippen MR) is 101 cm³/mol. The van der Waals surface area contributed by atoms with Gasteiger partial charge >= 0.3 is 0 Å². The van der Waals surface area contributed by atoms with Gasteiger partial charge in [0.25, 0.3) is 0 Å². The fourth-order valence-electron chi connectivity index (χ4n) is 3.75. The summed E-state index contributed by atoms with van der Waals surface area (Å²) in [5.74, 6) is 0.915. The summed E-state index contributed by atoms with van der Waals surface area (Å²) in [4.78, 5) is 16.9. The van der Waals surface area contributed by atoms with E-state index in [2.05, 4.69) is 50.8 Å². The SMILES string of the molecule is O=C(CCC1CCNC1)NCCN1CCN(Cc2ccccc2)CC1. The standard InChI is InChI=1S/C20H32N4O/c25-20(7-6-18-8-9-21-16-18)22-10-11-23-12-14-24(15-13-23)17-19-4-2-1-3-5-19/h1-5,18,21H,6-17H2,(H,22,25). The summed E-state index contributed by atoms with van der Waals surface area (Å²) in [6.45, 7) is 9.39. The molecule has 1 amide bonds. The lowest BCUT2D eigenvalue weighted by molar-refractivity contribution is -0.121. The molecule has 2 fully saturated rings. The second-order valence-corrected chi connectivity index (χ2v) is 7.35. The number of hydrogen-bond acceptors (Lipinski definition) is 4. The third-order valence-corrected chi connectivity index (χ3v) is 5.41. The van der Waals surface area contributed by atoms with Crippen molar-refractivity contribution < 1.29 is 4.79 Å². The molecule has 1 aromatic carbocycles. The lowest BCUT2D eigenvalue weighted by atomic mass is 10.0. The van der Waals surface area contributed by atoms with Crippen LogP contribution in [0.4, 0.5) is 0 Å². The molecule has 3 rings (SSSR count). The van der Waals surface area contributed by atoms with Crippen molar-refractivity contribution in [1.82, 2.24) is 20.4 Å². The minimum Gasteiger partial charge on any atom is -0.355 e. The highest BCUT2D eigenvalue weighted by atomic mass is 16.1. The number of rotatable bonds is 8. The number of benzene rings is 1. The third kappa shape index (κ3) is 6.42. The summed E-state index contributed by atoms with van der Waals surface area (Å²) in [6, 6.07) is 10.7. The summed E-state index contributed by atoms with van der Waals surface area (Å²) in [7, 11) is 0. The van der Waals surface area contributed by atoms with E-state index in [-0.39, 0.29) is 5.91 Å². The van der Waals surface area contributed by atoms with Crippen LogP contribution in [-0.4, -0.2) is 68.1 Å². The molecule has 5 heteroatoms. The van der Waals surface area contributed by atoms with Crippen molar-refractivity contribution in [3.63, 3.8) is 0 Å². The first kappa shape index (κ1) is 18.4. The van der Waals surface area contributed by atoms with E-state index in [4.69, 9.17) is 0 Å². The summed E-state index contributed by atoms with van der Waals surface area (Å²) in [6.07, 6.45) is 2.93. The van der Waals surface area contributed by atoms with Crippen LogP contribution in [-0.2, 0) is 11.3 Å². The Morgan fingerprint density at radius 1 is 1.12 bits per heavy atom. The van der Waals surface area contributed by atoms with Crippen molar-refractivity contribution in [3.8, 4) is 0 Å². The Morgan fingerprint density at radius 2 is 1.88 bits per heavy atom. The molecule has 2 aliphatic rings. The van der Waals surface area contributed by atoms with Crippen LogP contribution in [0.5, 0.6) is 0 Å². The molecule has 2 heterocycles. The van der Waals surface area contributed by atoms with E-state index < -0.39 is 0 Å². The maximum absolute atomic E-state index is 11.9. The van der Waals surface area contributed by atoms with Crippen LogP contribution in [0.3, 0.4) is 0 Å². The largest absolute Gasteiger partial charge is 0.355 e. The van der Waals surface area contributed by atoms with E-state index >= 15 is 0 Å². The van der Waals surface area contributed by atoms with Crippen molar-refractivity contribution in [2.24, 2.45) is 5.92 Å². The third-order valence-electron chi connectivity index (χ3n) is 5.41. The van der Waals surface area contributed by atoms with E-state index in [1.165, 1.54) is 12.0 Å². The Balaban J connectivity index is 1.24. The van der Waals surface area contributed by atoms with E-state index in [0.29, 0.717) is 12.3 Å². The highest BCUT2D eigenvalue weighted by Crippen LogP contribution is 2.14. The Kier molecular flexibility index (Phi) is 7.27. The average molecular weight is 345 g/mol. The zero-order valence-electron chi connectivity index (χ0n) is 15.3. The zero-order valence-corrected chi connectivity index (χ0v) is 15.3. The van der Waals surface area contributed by atoms with Gasteiger partial charge in [-0.15, -0.1) is 0 Å². The highest BCUT2D eigenvalue weighted by Gasteiger charge is 2.18. The summed E-state index contributed by atoms with van der Waals surface area (Å²) >= 11 is 0. The topological polar surface area (TPSA) is 47.6 Å². The van der Waals surface area contributed by atoms with Gasteiger partial charge < -0.3 is 10.6 Å². The van der Waals surface area contributed by atoms with Gasteiger partial charge in [0, 0.05) is 52.2 Å².